The highest BCUT2D eigenvalue weighted by atomic mass is 35.5. The quantitative estimate of drug-likeness (QED) is 0.725. The molecule has 4 N–H and O–H groups in total. The molecule has 1 aliphatic rings. The van der Waals surface area contributed by atoms with Crippen LogP contribution in [0.2, 0.25) is 10.0 Å². The fourth-order valence-electron chi connectivity index (χ4n) is 2.12. The first-order valence-corrected chi connectivity index (χ1v) is 5.99. The molecule has 0 radical (unpaired) electrons. The van der Waals surface area contributed by atoms with Crippen molar-refractivity contribution in [2.75, 3.05) is 13.1 Å². The Morgan fingerprint density at radius 1 is 1.31 bits per heavy atom. The lowest BCUT2D eigenvalue weighted by molar-refractivity contribution is 0.385. The van der Waals surface area contributed by atoms with Gasteiger partial charge in [-0.3, -0.25) is 0 Å². The third-order valence-electron chi connectivity index (χ3n) is 3.00. The van der Waals surface area contributed by atoms with Gasteiger partial charge in [-0.05, 0) is 19.0 Å². The van der Waals surface area contributed by atoms with Gasteiger partial charge < -0.3 is 16.2 Å². The van der Waals surface area contributed by atoms with Gasteiger partial charge in [-0.1, -0.05) is 23.2 Å². The van der Waals surface area contributed by atoms with Crippen LogP contribution in [0.25, 0.3) is 0 Å². The highest BCUT2D eigenvalue weighted by molar-refractivity contribution is 6.42. The maximum atomic E-state index is 9.87. The van der Waals surface area contributed by atoms with Gasteiger partial charge in [-0.25, -0.2) is 0 Å². The first kappa shape index (κ1) is 12.0. The summed E-state index contributed by atoms with van der Waals surface area (Å²) in [5.41, 5.74) is 6.81. The molecule has 5 heteroatoms. The third kappa shape index (κ3) is 2.28. The van der Waals surface area contributed by atoms with E-state index in [9.17, 15) is 5.11 Å². The first-order chi connectivity index (χ1) is 7.59. The molecule has 1 fully saturated rings. The van der Waals surface area contributed by atoms with E-state index < -0.39 is 0 Å². The number of phenols is 1. The molecule has 1 aromatic carbocycles. The van der Waals surface area contributed by atoms with Gasteiger partial charge in [-0.15, -0.1) is 0 Å². The minimum Gasteiger partial charge on any atom is -0.508 e. The lowest BCUT2D eigenvalue weighted by Gasteiger charge is -2.30. The molecular formula is C11H14Cl2N2O. The molecule has 2 rings (SSSR count). The average Bonchev–Trinajstić information content (AvgIpc) is 2.25. The molecule has 1 saturated heterocycles. The Morgan fingerprint density at radius 3 is 2.69 bits per heavy atom. The van der Waals surface area contributed by atoms with Crippen molar-refractivity contribution in [3.05, 3.63) is 27.7 Å². The molecule has 0 spiro atoms. The zero-order chi connectivity index (χ0) is 11.7. The van der Waals surface area contributed by atoms with E-state index in [1.165, 1.54) is 6.07 Å². The van der Waals surface area contributed by atoms with Gasteiger partial charge in [0, 0.05) is 30.1 Å². The van der Waals surface area contributed by atoms with E-state index in [2.05, 4.69) is 5.32 Å². The highest BCUT2D eigenvalue weighted by Crippen LogP contribution is 2.37. The standard InChI is InChI=1S/C11H14Cl2N2O/c12-8-3-7(11(16)4-9(8)13)6-1-2-15-5-10(6)14/h3-4,6,10,15-16H,1-2,5,14H2/t6-,10+/m0/s1. The van der Waals surface area contributed by atoms with Crippen LogP contribution in [0.5, 0.6) is 5.75 Å². The molecule has 2 atom stereocenters. The van der Waals surface area contributed by atoms with Crippen molar-refractivity contribution >= 4 is 23.2 Å². The number of hydrogen-bond acceptors (Lipinski definition) is 3. The molecule has 1 heterocycles. The van der Waals surface area contributed by atoms with Gasteiger partial charge in [0.15, 0.2) is 0 Å². The predicted octanol–water partition coefficient (Wildman–Crippen LogP) is 2.10. The van der Waals surface area contributed by atoms with Gasteiger partial charge >= 0.3 is 0 Å². The van der Waals surface area contributed by atoms with Crippen LogP contribution < -0.4 is 11.1 Å². The maximum Gasteiger partial charge on any atom is 0.120 e. The number of aromatic hydroxyl groups is 1. The molecule has 0 amide bonds. The van der Waals surface area contributed by atoms with Crippen molar-refractivity contribution in [2.24, 2.45) is 5.73 Å². The summed E-state index contributed by atoms with van der Waals surface area (Å²) in [6.07, 6.45) is 0.896. The minimum atomic E-state index is -0.00288. The summed E-state index contributed by atoms with van der Waals surface area (Å²) < 4.78 is 0. The van der Waals surface area contributed by atoms with E-state index in [0.29, 0.717) is 10.0 Å². The Bertz CT molecular complexity index is 398. The molecule has 0 aromatic heterocycles. The van der Waals surface area contributed by atoms with E-state index in [0.717, 1.165) is 25.1 Å². The number of piperidine rings is 1. The van der Waals surface area contributed by atoms with Crippen LogP contribution >= 0.6 is 23.2 Å². The molecule has 3 nitrogen and oxygen atoms in total. The number of phenolic OH excluding ortho intramolecular Hbond substituents is 1. The highest BCUT2D eigenvalue weighted by Gasteiger charge is 2.26. The van der Waals surface area contributed by atoms with Gasteiger partial charge in [0.2, 0.25) is 0 Å². The monoisotopic (exact) mass is 260 g/mol. The van der Waals surface area contributed by atoms with E-state index in [1.807, 2.05) is 0 Å². The lowest BCUT2D eigenvalue weighted by Crippen LogP contribution is -2.44. The van der Waals surface area contributed by atoms with Crippen LogP contribution in [0.1, 0.15) is 17.9 Å². The van der Waals surface area contributed by atoms with Crippen molar-refractivity contribution < 1.29 is 5.11 Å². The van der Waals surface area contributed by atoms with Crippen molar-refractivity contribution in [2.45, 2.75) is 18.4 Å². The Labute approximate surface area is 105 Å². The molecule has 0 bridgehead atoms. The second-order valence-electron chi connectivity index (χ2n) is 4.09. The molecular weight excluding hydrogens is 247 g/mol. The maximum absolute atomic E-state index is 9.87. The third-order valence-corrected chi connectivity index (χ3v) is 3.72. The van der Waals surface area contributed by atoms with Crippen LogP contribution in [0.3, 0.4) is 0 Å². The first-order valence-electron chi connectivity index (χ1n) is 5.24. The summed E-state index contributed by atoms with van der Waals surface area (Å²) in [5.74, 6) is 0.313. The molecule has 16 heavy (non-hydrogen) atoms. The molecule has 1 aliphatic heterocycles. The normalized spacial score (nSPS) is 25.7. The summed E-state index contributed by atoms with van der Waals surface area (Å²) in [6, 6.07) is 3.19. The summed E-state index contributed by atoms with van der Waals surface area (Å²) in [4.78, 5) is 0. The molecule has 0 aliphatic carbocycles. The van der Waals surface area contributed by atoms with Crippen molar-refractivity contribution in [1.29, 1.82) is 0 Å². The van der Waals surface area contributed by atoms with E-state index in [-0.39, 0.29) is 17.7 Å². The van der Waals surface area contributed by atoms with Gasteiger partial charge in [0.25, 0.3) is 0 Å². The molecule has 0 unspecified atom stereocenters. The zero-order valence-electron chi connectivity index (χ0n) is 8.71. The molecule has 88 valence electrons. The summed E-state index contributed by atoms with van der Waals surface area (Å²) >= 11 is 11.8. The van der Waals surface area contributed by atoms with E-state index in [1.54, 1.807) is 6.07 Å². The number of rotatable bonds is 1. The molecule has 0 saturated carbocycles. The Balaban J connectivity index is 2.35. The Morgan fingerprint density at radius 2 is 2.00 bits per heavy atom. The zero-order valence-corrected chi connectivity index (χ0v) is 10.2. The number of halogens is 2. The largest absolute Gasteiger partial charge is 0.508 e. The van der Waals surface area contributed by atoms with Crippen LogP contribution in [0.4, 0.5) is 0 Å². The van der Waals surface area contributed by atoms with Crippen LogP contribution in [-0.2, 0) is 0 Å². The predicted molar refractivity (Wildman–Crippen MR) is 66.3 cm³/mol. The topological polar surface area (TPSA) is 58.3 Å². The minimum absolute atomic E-state index is 0.00288. The van der Waals surface area contributed by atoms with Gasteiger partial charge in [0.1, 0.15) is 5.75 Å². The van der Waals surface area contributed by atoms with E-state index >= 15 is 0 Å². The summed E-state index contributed by atoms with van der Waals surface area (Å²) in [7, 11) is 0. The van der Waals surface area contributed by atoms with Crippen molar-refractivity contribution in [3.8, 4) is 5.75 Å². The number of benzene rings is 1. The second-order valence-corrected chi connectivity index (χ2v) is 4.90. The van der Waals surface area contributed by atoms with E-state index in [4.69, 9.17) is 28.9 Å². The fourth-order valence-corrected chi connectivity index (χ4v) is 2.45. The average molecular weight is 261 g/mol. The Hall–Kier alpha value is -0.480. The SMILES string of the molecule is N[C@@H]1CNCC[C@H]1c1cc(Cl)c(Cl)cc1O. The Kier molecular flexibility index (Phi) is 3.60. The van der Waals surface area contributed by atoms with Gasteiger partial charge in [0.05, 0.1) is 10.0 Å². The lowest BCUT2D eigenvalue weighted by atomic mass is 9.86. The fraction of sp³-hybridized carbons (Fsp3) is 0.455. The number of nitrogens with two attached hydrogens (primary N) is 1. The van der Waals surface area contributed by atoms with Crippen LogP contribution in [0.15, 0.2) is 12.1 Å². The van der Waals surface area contributed by atoms with Crippen LogP contribution in [-0.4, -0.2) is 24.2 Å². The van der Waals surface area contributed by atoms with Crippen molar-refractivity contribution in [3.63, 3.8) is 0 Å². The smallest absolute Gasteiger partial charge is 0.120 e. The molecule has 1 aromatic rings. The second kappa shape index (κ2) is 4.80. The van der Waals surface area contributed by atoms with Gasteiger partial charge in [-0.2, -0.15) is 0 Å². The van der Waals surface area contributed by atoms with Crippen molar-refractivity contribution in [1.82, 2.24) is 5.32 Å². The number of hydrogen-bond donors (Lipinski definition) is 3. The number of nitrogens with one attached hydrogen (secondary N) is 1. The summed E-state index contributed by atoms with van der Waals surface area (Å²) in [6.45, 7) is 1.66. The van der Waals surface area contributed by atoms with Crippen LogP contribution in [0, 0.1) is 0 Å². The summed E-state index contributed by atoms with van der Waals surface area (Å²) in [5, 5.41) is 13.9.